The molecule has 0 aromatic heterocycles. The first-order chi connectivity index (χ1) is 5.33. The van der Waals surface area contributed by atoms with E-state index in [1.165, 1.54) is 0 Å². The van der Waals surface area contributed by atoms with Crippen LogP contribution in [0.4, 0.5) is 17.7 Å². The lowest BCUT2D eigenvalue weighted by Crippen LogP contribution is -2.16. The molecule has 0 saturated carbocycles. The van der Waals surface area contributed by atoms with Gasteiger partial charge in [-0.2, -0.15) is 17.2 Å². The predicted octanol–water partition coefficient (Wildman–Crippen LogP) is 2.74. The number of hydrogen-bond acceptors (Lipinski definition) is 4. The summed E-state index contributed by atoms with van der Waals surface area (Å²) in [5, 5.41) is 0. The topological polar surface area (TPSA) is 44.8 Å². The summed E-state index contributed by atoms with van der Waals surface area (Å²) < 4.78 is 64.5. The molecule has 0 aromatic carbocycles. The van der Waals surface area contributed by atoms with Gasteiger partial charge in [0.15, 0.2) is 6.61 Å². The van der Waals surface area contributed by atoms with E-state index in [9.17, 15) is 22.3 Å². The van der Waals surface area contributed by atoms with E-state index in [1.807, 2.05) is 0 Å². The summed E-state index contributed by atoms with van der Waals surface area (Å²) in [5.41, 5.74) is 0. The third kappa shape index (κ3) is 4.89. The van der Waals surface area contributed by atoms with Crippen molar-refractivity contribution in [2.75, 3.05) is 6.61 Å². The summed E-state index contributed by atoms with van der Waals surface area (Å²) in [6.45, 7) is -1.99. The molecule has 0 heterocycles. The molecule has 0 aromatic rings. The van der Waals surface area contributed by atoms with Gasteiger partial charge in [-0.05, 0) is 4.53 Å². The van der Waals surface area contributed by atoms with E-state index in [0.717, 1.165) is 0 Å². The maximum absolute atomic E-state index is 11.3. The minimum Gasteiger partial charge on any atom is -0.275 e. The number of halogens is 5. The highest BCUT2D eigenvalue weighted by atomic mass is 35.5. The molecule has 0 amide bonds. The maximum Gasteiger partial charge on any atom is 0.522 e. The van der Waals surface area contributed by atoms with Crippen LogP contribution in [0.25, 0.3) is 0 Å². The van der Waals surface area contributed by atoms with Gasteiger partial charge in [0, 0.05) is 0 Å². The number of rotatable bonds is 4. The first kappa shape index (κ1) is 12.1. The van der Waals surface area contributed by atoms with Crippen LogP contribution in [-0.2, 0) is 17.9 Å². The van der Waals surface area contributed by atoms with Crippen LogP contribution in [0.15, 0.2) is 0 Å². The first-order valence-corrected chi connectivity index (χ1v) is 4.02. The van der Waals surface area contributed by atoms with Crippen LogP contribution >= 0.6 is 19.7 Å². The molecule has 0 saturated heterocycles. The summed E-state index contributed by atoms with van der Waals surface area (Å²) in [6.07, 6.45) is -4.77. The van der Waals surface area contributed by atoms with Gasteiger partial charge in [-0.3, -0.25) is 4.52 Å². The zero-order valence-corrected chi connectivity index (χ0v) is 6.83. The standard InChI is InChI=1S/C2H2ClF4O4P/c3-10-12(8,11-7)9-1-2(4,5)6/h1H2. The SMILES string of the molecule is O=P(OF)(OCl)OCC(F)(F)F. The number of hydrogen-bond donors (Lipinski definition) is 0. The minimum absolute atomic E-state index is 1.99. The molecule has 0 spiro atoms. The lowest BCUT2D eigenvalue weighted by Gasteiger charge is -2.09. The van der Waals surface area contributed by atoms with Crippen molar-refractivity contribution in [1.82, 2.24) is 0 Å². The molecule has 0 rings (SSSR count). The van der Waals surface area contributed by atoms with E-state index in [1.54, 1.807) is 0 Å². The van der Waals surface area contributed by atoms with Gasteiger partial charge in [0.2, 0.25) is 0 Å². The Hall–Kier alpha value is 0.120. The Labute approximate surface area is 69.0 Å². The molecular weight excluding hydrogens is 230 g/mol. The largest absolute Gasteiger partial charge is 0.522 e. The van der Waals surface area contributed by atoms with E-state index in [4.69, 9.17) is 0 Å². The van der Waals surface area contributed by atoms with Crippen molar-refractivity contribution >= 4 is 19.7 Å². The highest BCUT2D eigenvalue weighted by Gasteiger charge is 2.36. The third-order valence-corrected chi connectivity index (χ3v) is 1.85. The van der Waals surface area contributed by atoms with Gasteiger partial charge in [0.05, 0.1) is 11.9 Å². The summed E-state index contributed by atoms with van der Waals surface area (Å²) in [6, 6.07) is 0. The second kappa shape index (κ2) is 4.38. The molecule has 0 bridgehead atoms. The molecule has 0 aliphatic carbocycles. The Bertz CT molecular complexity index is 174. The molecule has 12 heavy (non-hydrogen) atoms. The van der Waals surface area contributed by atoms with Crippen molar-refractivity contribution in [2.24, 2.45) is 0 Å². The molecule has 0 fully saturated rings. The summed E-state index contributed by atoms with van der Waals surface area (Å²) in [7, 11) is -4.90. The molecule has 10 heteroatoms. The van der Waals surface area contributed by atoms with Crippen LogP contribution in [0.1, 0.15) is 0 Å². The van der Waals surface area contributed by atoms with Crippen LogP contribution in [0.3, 0.4) is 0 Å². The molecule has 1 atom stereocenters. The Morgan fingerprint density at radius 1 is 1.42 bits per heavy atom. The van der Waals surface area contributed by atoms with Crippen LogP contribution in [0, 0.1) is 0 Å². The fourth-order valence-corrected chi connectivity index (χ4v) is 0.792. The normalized spacial score (nSPS) is 17.4. The van der Waals surface area contributed by atoms with Gasteiger partial charge in [-0.25, -0.2) is 4.57 Å². The third-order valence-electron chi connectivity index (χ3n) is 0.555. The minimum atomic E-state index is -4.90. The number of phosphoric acid groups is 1. The van der Waals surface area contributed by atoms with Crippen LogP contribution in [-0.4, -0.2) is 12.8 Å². The Balaban J connectivity index is 3.99. The zero-order valence-electron chi connectivity index (χ0n) is 5.18. The van der Waals surface area contributed by atoms with E-state index in [2.05, 4.69) is 25.2 Å². The fourth-order valence-electron chi connectivity index (χ4n) is 0.203. The van der Waals surface area contributed by atoms with E-state index >= 15 is 0 Å². The van der Waals surface area contributed by atoms with E-state index in [-0.39, 0.29) is 0 Å². The quantitative estimate of drug-likeness (QED) is 0.552. The van der Waals surface area contributed by atoms with Gasteiger partial charge in [-0.15, -0.1) is 0 Å². The Morgan fingerprint density at radius 2 is 1.92 bits per heavy atom. The van der Waals surface area contributed by atoms with Crippen molar-refractivity contribution in [2.45, 2.75) is 6.18 Å². The second-order valence-corrected chi connectivity index (χ2v) is 3.32. The van der Waals surface area contributed by atoms with Crippen molar-refractivity contribution in [3.63, 3.8) is 0 Å². The van der Waals surface area contributed by atoms with Crippen molar-refractivity contribution in [1.29, 1.82) is 0 Å². The Morgan fingerprint density at radius 3 is 2.17 bits per heavy atom. The zero-order chi connectivity index (χ0) is 9.83. The van der Waals surface area contributed by atoms with Gasteiger partial charge < -0.3 is 0 Å². The van der Waals surface area contributed by atoms with Gasteiger partial charge >= 0.3 is 14.0 Å². The summed E-state index contributed by atoms with van der Waals surface area (Å²) in [5.74, 6) is 0. The van der Waals surface area contributed by atoms with Crippen molar-refractivity contribution in [3.05, 3.63) is 0 Å². The van der Waals surface area contributed by atoms with Crippen LogP contribution < -0.4 is 0 Å². The summed E-state index contributed by atoms with van der Waals surface area (Å²) >= 11 is 4.32. The van der Waals surface area contributed by atoms with Crippen LogP contribution in [0.2, 0.25) is 0 Å². The lowest BCUT2D eigenvalue weighted by molar-refractivity contribution is -0.162. The highest BCUT2D eigenvalue weighted by molar-refractivity contribution is 7.49. The average molecular weight is 232 g/mol. The number of alkyl halides is 3. The van der Waals surface area contributed by atoms with Crippen molar-refractivity contribution < 1.29 is 35.6 Å². The first-order valence-electron chi connectivity index (χ1n) is 2.25. The van der Waals surface area contributed by atoms with Crippen molar-refractivity contribution in [3.8, 4) is 0 Å². The molecule has 4 nitrogen and oxygen atoms in total. The maximum atomic E-state index is 11.3. The molecule has 0 radical (unpaired) electrons. The molecule has 74 valence electrons. The lowest BCUT2D eigenvalue weighted by atomic mass is 10.7. The van der Waals surface area contributed by atoms with Gasteiger partial charge in [0.1, 0.15) is 0 Å². The van der Waals surface area contributed by atoms with Gasteiger partial charge in [0.25, 0.3) is 0 Å². The average Bonchev–Trinajstić information content (AvgIpc) is 1.99. The molecule has 1 unspecified atom stereocenters. The van der Waals surface area contributed by atoms with Gasteiger partial charge in [-0.1, -0.05) is 4.73 Å². The Kier molecular flexibility index (Phi) is 4.43. The monoisotopic (exact) mass is 232 g/mol. The smallest absolute Gasteiger partial charge is 0.275 e. The highest BCUT2D eigenvalue weighted by Crippen LogP contribution is 2.51. The fraction of sp³-hybridized carbons (Fsp3) is 1.00. The predicted molar refractivity (Wildman–Crippen MR) is 28.7 cm³/mol. The van der Waals surface area contributed by atoms with E-state index in [0.29, 0.717) is 0 Å². The summed E-state index contributed by atoms with van der Waals surface area (Å²) in [4.78, 5) is 0. The molecule has 0 aliphatic heterocycles. The van der Waals surface area contributed by atoms with Crippen LogP contribution in [0.5, 0.6) is 0 Å². The van der Waals surface area contributed by atoms with E-state index < -0.39 is 20.6 Å². The molecular formula is C2H2ClF4O4P. The second-order valence-electron chi connectivity index (χ2n) is 1.47. The molecule has 0 aliphatic rings. The molecule has 0 N–H and O–H groups in total.